The highest BCUT2D eigenvalue weighted by Gasteiger charge is 2.18. The number of nitrogens with zero attached hydrogens (tertiary/aromatic N) is 1. The fraction of sp³-hybridized carbons (Fsp3) is 0.429. The third kappa shape index (κ3) is 7.09. The summed E-state index contributed by atoms with van der Waals surface area (Å²) >= 11 is 0. The maximum atomic E-state index is 7.71. The van der Waals surface area contributed by atoms with Crippen LogP contribution in [0.5, 0.6) is 0 Å². The molecule has 0 saturated heterocycles. The molecule has 1 unspecified atom stereocenters. The number of hydrogen-bond acceptors (Lipinski definition) is 2. The summed E-state index contributed by atoms with van der Waals surface area (Å²) in [5, 5.41) is 7.71. The monoisotopic (exact) mass is 402 g/mol. The van der Waals surface area contributed by atoms with Crippen molar-refractivity contribution >= 4 is 18.0 Å². The quantitative estimate of drug-likeness (QED) is 0.207. The molecule has 0 heterocycles. The van der Waals surface area contributed by atoms with Crippen LogP contribution in [0, 0.1) is 5.41 Å². The molecule has 1 N–H and O–H groups in total. The molecular formula is C28H38N2. The van der Waals surface area contributed by atoms with Crippen molar-refractivity contribution in [2.45, 2.75) is 77.7 Å². The second kappa shape index (κ2) is 13.7. The van der Waals surface area contributed by atoms with E-state index < -0.39 is 0 Å². The van der Waals surface area contributed by atoms with E-state index in [-0.39, 0.29) is 6.04 Å². The summed E-state index contributed by atoms with van der Waals surface area (Å²) in [4.78, 5) is 4.85. The van der Waals surface area contributed by atoms with Gasteiger partial charge in [0.05, 0.1) is 6.04 Å². The van der Waals surface area contributed by atoms with Crippen LogP contribution >= 0.6 is 0 Å². The Morgan fingerprint density at radius 2 is 2.10 bits per heavy atom. The van der Waals surface area contributed by atoms with Gasteiger partial charge in [-0.3, -0.25) is 4.99 Å². The van der Waals surface area contributed by atoms with Crippen molar-refractivity contribution in [1.29, 1.82) is 5.41 Å². The second-order valence-electron chi connectivity index (χ2n) is 7.87. The maximum absolute atomic E-state index is 7.71. The van der Waals surface area contributed by atoms with E-state index in [4.69, 9.17) is 10.4 Å². The molecule has 1 aliphatic carbocycles. The molecule has 0 fully saturated rings. The van der Waals surface area contributed by atoms with Crippen LogP contribution in [0.4, 0.5) is 0 Å². The molecule has 160 valence electrons. The molecule has 0 spiro atoms. The second-order valence-corrected chi connectivity index (χ2v) is 7.87. The van der Waals surface area contributed by atoms with Crippen molar-refractivity contribution in [3.05, 3.63) is 77.4 Å². The number of benzene rings is 1. The normalized spacial score (nSPS) is 16.4. The number of nitrogens with one attached hydrogen (secondary N) is 1. The largest absolute Gasteiger partial charge is 0.313 e. The van der Waals surface area contributed by atoms with Gasteiger partial charge >= 0.3 is 0 Å². The van der Waals surface area contributed by atoms with Crippen molar-refractivity contribution in [1.82, 2.24) is 0 Å². The minimum absolute atomic E-state index is 0.0176. The summed E-state index contributed by atoms with van der Waals surface area (Å²) in [6, 6.07) is 6.87. The van der Waals surface area contributed by atoms with Crippen LogP contribution in [-0.4, -0.2) is 12.4 Å². The van der Waals surface area contributed by atoms with Crippen LogP contribution in [0.3, 0.4) is 0 Å². The molecule has 0 saturated carbocycles. The Morgan fingerprint density at radius 3 is 2.77 bits per heavy atom. The van der Waals surface area contributed by atoms with E-state index >= 15 is 0 Å². The fourth-order valence-corrected chi connectivity index (χ4v) is 3.93. The molecule has 30 heavy (non-hydrogen) atoms. The summed E-state index contributed by atoms with van der Waals surface area (Å²) in [5.41, 5.74) is 5.28. The molecular weight excluding hydrogens is 364 g/mol. The van der Waals surface area contributed by atoms with Crippen molar-refractivity contribution in [3.8, 4) is 0 Å². The zero-order valence-corrected chi connectivity index (χ0v) is 19.0. The first-order chi connectivity index (χ1) is 14.7. The average Bonchev–Trinajstić information content (AvgIpc) is 2.79. The number of rotatable bonds is 12. The highest BCUT2D eigenvalue weighted by atomic mass is 14.8. The Kier molecular flexibility index (Phi) is 10.9. The summed E-state index contributed by atoms with van der Waals surface area (Å²) in [5.74, 6) is 0.439. The van der Waals surface area contributed by atoms with E-state index in [1.54, 1.807) is 0 Å². The lowest BCUT2D eigenvalue weighted by molar-refractivity contribution is 0.763. The van der Waals surface area contributed by atoms with Gasteiger partial charge in [-0.15, -0.1) is 0 Å². The molecule has 0 amide bonds. The third-order valence-corrected chi connectivity index (χ3v) is 5.64. The van der Waals surface area contributed by atoms with E-state index in [1.165, 1.54) is 41.3 Å². The molecule has 2 nitrogen and oxygen atoms in total. The Balaban J connectivity index is 2.42. The molecule has 0 radical (unpaired) electrons. The zero-order valence-electron chi connectivity index (χ0n) is 19.0. The van der Waals surface area contributed by atoms with Gasteiger partial charge in [-0.25, -0.2) is 0 Å². The van der Waals surface area contributed by atoms with Gasteiger partial charge in [0.1, 0.15) is 0 Å². The van der Waals surface area contributed by atoms with Crippen LogP contribution in [0.25, 0.3) is 5.57 Å². The lowest BCUT2D eigenvalue weighted by Gasteiger charge is -2.21. The van der Waals surface area contributed by atoms with Gasteiger partial charge in [0, 0.05) is 18.6 Å². The summed E-state index contributed by atoms with van der Waals surface area (Å²) in [6.07, 6.45) is 26.1. The molecule has 1 aromatic carbocycles. The first-order valence-corrected chi connectivity index (χ1v) is 11.5. The topological polar surface area (TPSA) is 36.2 Å². The molecule has 0 aromatic heterocycles. The summed E-state index contributed by atoms with van der Waals surface area (Å²) in [7, 11) is 0. The maximum Gasteiger partial charge on any atom is 0.0803 e. The van der Waals surface area contributed by atoms with E-state index in [1.807, 2.05) is 6.21 Å². The van der Waals surface area contributed by atoms with E-state index in [9.17, 15) is 0 Å². The van der Waals surface area contributed by atoms with Crippen LogP contribution in [0.15, 0.2) is 65.7 Å². The Bertz CT molecular complexity index is 808. The highest BCUT2D eigenvalue weighted by molar-refractivity contribution is 5.75. The molecule has 2 atom stereocenters. The Morgan fingerprint density at radius 1 is 1.23 bits per heavy atom. The smallest absolute Gasteiger partial charge is 0.0803 e. The van der Waals surface area contributed by atoms with Gasteiger partial charge in [0.25, 0.3) is 0 Å². The van der Waals surface area contributed by atoms with Gasteiger partial charge < -0.3 is 5.41 Å². The van der Waals surface area contributed by atoms with Gasteiger partial charge in [-0.2, -0.15) is 0 Å². The molecule has 1 aliphatic rings. The van der Waals surface area contributed by atoms with Crippen LogP contribution in [-0.2, 0) is 0 Å². The lowest BCUT2D eigenvalue weighted by atomic mass is 9.85. The van der Waals surface area contributed by atoms with Crippen LogP contribution in [0.1, 0.15) is 94.4 Å². The van der Waals surface area contributed by atoms with Crippen molar-refractivity contribution in [3.63, 3.8) is 0 Å². The minimum Gasteiger partial charge on any atom is -0.313 e. The summed E-state index contributed by atoms with van der Waals surface area (Å²) in [6.45, 7) is 6.55. The molecule has 2 heteroatoms. The van der Waals surface area contributed by atoms with Crippen molar-refractivity contribution in [2.24, 2.45) is 4.99 Å². The number of allylic oxidation sites excluding steroid dienone is 8. The van der Waals surface area contributed by atoms with Crippen molar-refractivity contribution in [2.75, 3.05) is 0 Å². The Hall–Kier alpha value is -2.48. The van der Waals surface area contributed by atoms with E-state index in [2.05, 4.69) is 81.5 Å². The number of hydrogen-bond donors (Lipinski definition) is 1. The first-order valence-electron chi connectivity index (χ1n) is 11.5. The third-order valence-electron chi connectivity index (χ3n) is 5.64. The zero-order chi connectivity index (χ0) is 21.6. The molecule has 1 aromatic rings. The molecule has 0 bridgehead atoms. The van der Waals surface area contributed by atoms with Crippen LogP contribution in [0.2, 0.25) is 0 Å². The predicted molar refractivity (Wildman–Crippen MR) is 134 cm³/mol. The lowest BCUT2D eigenvalue weighted by Crippen LogP contribution is -2.05. The van der Waals surface area contributed by atoms with Crippen molar-refractivity contribution < 1.29 is 0 Å². The highest BCUT2D eigenvalue weighted by Crippen LogP contribution is 2.35. The standard InChI is InChI=1S/C28H38N2/c1-4-7-8-9-13-21-30-28(19-20-29)26-18-17-25(23(6-3)14-5-2)22-27(26)24-15-11-10-12-16-24/h5,9-11,13-15,17-18,20-23,28-29H,4,6-8,12,16,19H2,1-3H3/b13-9+,14-5-,29-20?,30-21?/t23-,28?/m0/s1. The number of unbranched alkanes of at least 4 members (excludes halogenated alkanes) is 2. The predicted octanol–water partition coefficient (Wildman–Crippen LogP) is 8.39. The van der Waals surface area contributed by atoms with E-state index in [0.29, 0.717) is 12.3 Å². The fourth-order valence-electron chi connectivity index (χ4n) is 3.93. The van der Waals surface area contributed by atoms with Gasteiger partial charge in [-0.05, 0) is 67.2 Å². The molecule has 0 aliphatic heterocycles. The number of aliphatic imine (C=N–C) groups is 1. The van der Waals surface area contributed by atoms with Gasteiger partial charge in [0.2, 0.25) is 0 Å². The van der Waals surface area contributed by atoms with Gasteiger partial charge in [0.15, 0.2) is 0 Å². The summed E-state index contributed by atoms with van der Waals surface area (Å²) < 4.78 is 0. The SMILES string of the molecule is C/C=C\[C@H](CC)c1ccc(C(CC=N)N=C/C=C/CCCC)c(C2=CC=CCC2)c1. The molecule has 2 rings (SSSR count). The van der Waals surface area contributed by atoms with E-state index in [0.717, 1.165) is 25.7 Å². The Labute approximate surface area is 183 Å². The average molecular weight is 403 g/mol. The van der Waals surface area contributed by atoms with Gasteiger partial charge in [-0.1, -0.05) is 81.3 Å². The first kappa shape index (κ1) is 23.8. The van der Waals surface area contributed by atoms with Crippen LogP contribution < -0.4 is 0 Å². The minimum atomic E-state index is -0.0176.